The quantitative estimate of drug-likeness (QED) is 0.434. The maximum Gasteiger partial charge on any atom is 0.130 e. The third kappa shape index (κ3) is 6.48. The molecule has 1 fully saturated rings. The summed E-state index contributed by atoms with van der Waals surface area (Å²) in [7, 11) is 0. The van der Waals surface area contributed by atoms with Crippen LogP contribution >= 0.6 is 0 Å². The van der Waals surface area contributed by atoms with Gasteiger partial charge in [-0.25, -0.2) is 4.99 Å². The SMILES string of the molecule is CCCN1CCN(C(=N)CC(=N)N=C(N)CC(C)=N)CC1. The maximum absolute atomic E-state index is 8.08. The molecule has 0 atom stereocenters. The van der Waals surface area contributed by atoms with Crippen molar-refractivity contribution in [2.75, 3.05) is 32.7 Å². The van der Waals surface area contributed by atoms with Crippen molar-refractivity contribution < 1.29 is 0 Å². The monoisotopic (exact) mass is 293 g/mol. The first-order valence-electron chi connectivity index (χ1n) is 7.41. The first-order valence-corrected chi connectivity index (χ1v) is 7.41. The molecule has 21 heavy (non-hydrogen) atoms. The number of hydrogen-bond acceptors (Lipinski definition) is 4. The Morgan fingerprint density at radius 2 is 1.71 bits per heavy atom. The van der Waals surface area contributed by atoms with Gasteiger partial charge in [-0.05, 0) is 19.9 Å². The highest BCUT2D eigenvalue weighted by Crippen LogP contribution is 2.05. The van der Waals surface area contributed by atoms with Crippen LogP contribution in [-0.2, 0) is 0 Å². The number of rotatable bonds is 6. The third-order valence-electron chi connectivity index (χ3n) is 3.35. The van der Waals surface area contributed by atoms with E-state index in [-0.39, 0.29) is 24.5 Å². The molecule has 0 radical (unpaired) electrons. The highest BCUT2D eigenvalue weighted by Gasteiger charge is 2.18. The minimum absolute atomic E-state index is 0.0923. The van der Waals surface area contributed by atoms with Crippen LogP contribution in [0.2, 0.25) is 0 Å². The second-order valence-corrected chi connectivity index (χ2v) is 5.46. The van der Waals surface area contributed by atoms with Gasteiger partial charge in [0.1, 0.15) is 17.5 Å². The normalized spacial score (nSPS) is 16.9. The molecule has 0 aromatic carbocycles. The molecule has 0 aromatic rings. The van der Waals surface area contributed by atoms with Crippen molar-refractivity contribution in [3.63, 3.8) is 0 Å². The molecule has 0 bridgehead atoms. The highest BCUT2D eigenvalue weighted by atomic mass is 15.3. The Bertz CT molecular complexity index is 419. The van der Waals surface area contributed by atoms with Crippen LogP contribution in [-0.4, -0.2) is 65.7 Å². The van der Waals surface area contributed by atoms with E-state index in [0.717, 1.165) is 39.1 Å². The molecule has 1 aliphatic rings. The molecule has 0 unspecified atom stereocenters. The highest BCUT2D eigenvalue weighted by molar-refractivity contribution is 6.08. The molecule has 1 aliphatic heterocycles. The number of hydrogen-bond donors (Lipinski definition) is 4. The van der Waals surface area contributed by atoms with Crippen LogP contribution in [0.1, 0.15) is 33.1 Å². The largest absolute Gasteiger partial charge is 0.387 e. The fourth-order valence-corrected chi connectivity index (χ4v) is 2.35. The minimum Gasteiger partial charge on any atom is -0.387 e. The van der Waals surface area contributed by atoms with Gasteiger partial charge in [0.25, 0.3) is 0 Å². The van der Waals surface area contributed by atoms with Crippen molar-refractivity contribution in [2.45, 2.75) is 33.1 Å². The summed E-state index contributed by atoms with van der Waals surface area (Å²) in [6, 6.07) is 0. The number of nitrogens with zero attached hydrogens (tertiary/aromatic N) is 3. The summed E-state index contributed by atoms with van der Waals surface area (Å²) >= 11 is 0. The van der Waals surface area contributed by atoms with E-state index in [4.69, 9.17) is 22.0 Å². The van der Waals surface area contributed by atoms with E-state index in [2.05, 4.69) is 16.8 Å². The average molecular weight is 293 g/mol. The zero-order valence-electron chi connectivity index (χ0n) is 13.1. The summed E-state index contributed by atoms with van der Waals surface area (Å²) in [6.07, 6.45) is 1.64. The number of aliphatic imine (C=N–C) groups is 1. The van der Waals surface area contributed by atoms with Crippen molar-refractivity contribution >= 4 is 23.2 Å². The maximum atomic E-state index is 8.08. The van der Waals surface area contributed by atoms with E-state index in [9.17, 15) is 0 Å². The first kappa shape index (κ1) is 17.3. The number of nitrogens with two attached hydrogens (primary N) is 1. The Balaban J connectivity index is 2.40. The first-order chi connectivity index (χ1) is 9.92. The van der Waals surface area contributed by atoms with Crippen LogP contribution in [0, 0.1) is 16.2 Å². The standard InChI is InChI=1S/C14H27N7/c1-3-4-20-5-7-21(8-6-20)14(18)10-13(17)19-12(16)9-11(2)15/h15,18H,3-10H2,1-2H3,(H3,16,17,19). The van der Waals surface area contributed by atoms with Gasteiger partial charge in [0, 0.05) is 38.3 Å². The van der Waals surface area contributed by atoms with E-state index in [0.29, 0.717) is 11.5 Å². The fourth-order valence-electron chi connectivity index (χ4n) is 2.35. The molecule has 5 N–H and O–H groups in total. The van der Waals surface area contributed by atoms with E-state index in [1.807, 2.05) is 4.90 Å². The topological polar surface area (TPSA) is 116 Å². The van der Waals surface area contributed by atoms with Crippen molar-refractivity contribution in [3.8, 4) is 0 Å². The van der Waals surface area contributed by atoms with Crippen LogP contribution in [0.15, 0.2) is 4.99 Å². The smallest absolute Gasteiger partial charge is 0.130 e. The Hall–Kier alpha value is -1.76. The molecule has 0 amide bonds. The average Bonchev–Trinajstić information content (AvgIpc) is 2.38. The molecule has 7 heteroatoms. The van der Waals surface area contributed by atoms with Crippen LogP contribution in [0.3, 0.4) is 0 Å². The van der Waals surface area contributed by atoms with Crippen molar-refractivity contribution in [1.82, 2.24) is 9.80 Å². The lowest BCUT2D eigenvalue weighted by Crippen LogP contribution is -2.48. The van der Waals surface area contributed by atoms with Crippen molar-refractivity contribution in [2.24, 2.45) is 10.7 Å². The lowest BCUT2D eigenvalue weighted by atomic mass is 10.2. The summed E-state index contributed by atoms with van der Waals surface area (Å²) in [4.78, 5) is 8.36. The second kappa shape index (κ2) is 8.51. The van der Waals surface area contributed by atoms with E-state index in [1.165, 1.54) is 0 Å². The number of amidine groups is 3. The lowest BCUT2D eigenvalue weighted by molar-refractivity contribution is 0.181. The van der Waals surface area contributed by atoms with Gasteiger partial charge >= 0.3 is 0 Å². The predicted octanol–water partition coefficient (Wildman–Crippen LogP) is 1.15. The molecule has 1 rings (SSSR count). The van der Waals surface area contributed by atoms with Crippen molar-refractivity contribution in [3.05, 3.63) is 0 Å². The molecular formula is C14H27N7. The van der Waals surface area contributed by atoms with Crippen LogP contribution in [0.25, 0.3) is 0 Å². The molecule has 0 spiro atoms. The van der Waals surface area contributed by atoms with Gasteiger partial charge in [-0.15, -0.1) is 0 Å². The summed E-state index contributed by atoms with van der Waals surface area (Å²) < 4.78 is 0. The van der Waals surface area contributed by atoms with Gasteiger partial charge < -0.3 is 16.0 Å². The molecule has 0 aliphatic carbocycles. The van der Waals surface area contributed by atoms with Crippen LogP contribution in [0.5, 0.6) is 0 Å². The number of nitrogens with one attached hydrogen (secondary N) is 3. The predicted molar refractivity (Wildman–Crippen MR) is 88.0 cm³/mol. The minimum atomic E-state index is 0.0923. The van der Waals surface area contributed by atoms with Crippen LogP contribution < -0.4 is 5.73 Å². The zero-order chi connectivity index (χ0) is 15.8. The Morgan fingerprint density at radius 3 is 2.24 bits per heavy atom. The fraction of sp³-hybridized carbons (Fsp3) is 0.714. The van der Waals surface area contributed by atoms with Gasteiger partial charge in [0.15, 0.2) is 0 Å². The molecule has 1 saturated heterocycles. The lowest BCUT2D eigenvalue weighted by Gasteiger charge is -2.35. The molecular weight excluding hydrogens is 266 g/mol. The van der Waals surface area contributed by atoms with Gasteiger partial charge in [0.05, 0.1) is 6.42 Å². The summed E-state index contributed by atoms with van der Waals surface area (Å²) in [6.45, 7) is 8.57. The van der Waals surface area contributed by atoms with E-state index >= 15 is 0 Å². The molecule has 1 heterocycles. The van der Waals surface area contributed by atoms with Gasteiger partial charge in [-0.2, -0.15) is 0 Å². The third-order valence-corrected chi connectivity index (χ3v) is 3.35. The van der Waals surface area contributed by atoms with Gasteiger partial charge in [-0.3, -0.25) is 15.7 Å². The summed E-state index contributed by atoms with van der Waals surface area (Å²) in [5.41, 5.74) is 6.08. The molecule has 118 valence electrons. The van der Waals surface area contributed by atoms with Crippen molar-refractivity contribution in [1.29, 1.82) is 16.2 Å². The second-order valence-electron chi connectivity index (χ2n) is 5.46. The summed E-state index contributed by atoms with van der Waals surface area (Å²) in [5.74, 6) is 0.794. The Kier molecular flexibility index (Phi) is 7.01. The van der Waals surface area contributed by atoms with Gasteiger partial charge in [-0.1, -0.05) is 6.92 Å². The van der Waals surface area contributed by atoms with E-state index < -0.39 is 0 Å². The van der Waals surface area contributed by atoms with Gasteiger partial charge in [0.2, 0.25) is 0 Å². The Labute approximate surface area is 126 Å². The summed E-state index contributed by atoms with van der Waals surface area (Å²) in [5, 5.41) is 23.2. The molecule has 0 aromatic heterocycles. The number of piperazine rings is 1. The van der Waals surface area contributed by atoms with Crippen LogP contribution in [0.4, 0.5) is 0 Å². The molecule has 0 saturated carbocycles. The zero-order valence-corrected chi connectivity index (χ0v) is 13.1. The molecule has 7 nitrogen and oxygen atoms in total. The van der Waals surface area contributed by atoms with E-state index in [1.54, 1.807) is 6.92 Å². The Morgan fingerprint density at radius 1 is 1.10 bits per heavy atom.